The van der Waals surface area contributed by atoms with E-state index in [0.717, 1.165) is 0 Å². The van der Waals surface area contributed by atoms with Gasteiger partial charge in [-0.3, -0.25) is 9.59 Å². The maximum atomic E-state index is 12.4. The summed E-state index contributed by atoms with van der Waals surface area (Å²) in [5, 5.41) is 18.1. The number of likely N-dealkylation sites (N-methyl/N-ethyl adjacent to an activating group) is 1. The molecule has 1 aliphatic rings. The van der Waals surface area contributed by atoms with Gasteiger partial charge in [0.1, 0.15) is 11.8 Å². The van der Waals surface area contributed by atoms with Gasteiger partial charge in [-0.05, 0) is 31.9 Å². The van der Waals surface area contributed by atoms with Crippen LogP contribution in [0.25, 0.3) is 0 Å². The number of nitrogens with one attached hydrogen (secondary N) is 3. The number of hydrogen-bond donors (Lipinski definition) is 4. The van der Waals surface area contributed by atoms with E-state index in [1.54, 1.807) is 11.8 Å². The van der Waals surface area contributed by atoms with Crippen LogP contribution in [-0.2, 0) is 4.79 Å². The minimum absolute atomic E-state index is 0.00405. The highest BCUT2D eigenvalue weighted by Gasteiger charge is 2.26. The minimum atomic E-state index is -0.629. The Morgan fingerprint density at radius 2 is 1.85 bits per heavy atom. The number of phenolic OH excluding ortho intramolecular Hbond substituents is 1. The summed E-state index contributed by atoms with van der Waals surface area (Å²) in [4.78, 5) is 37.6. The maximum Gasteiger partial charge on any atom is 0.318 e. The summed E-state index contributed by atoms with van der Waals surface area (Å²) in [6.45, 7) is 2.46. The van der Waals surface area contributed by atoms with Crippen molar-refractivity contribution in [3.05, 3.63) is 27.7 Å². The molecule has 0 radical (unpaired) electrons. The number of likely N-dealkylation sites (tertiary alicyclic amines) is 1. The Hall–Kier alpha value is -2.19. The topological polar surface area (TPSA) is 111 Å². The first-order valence-electron chi connectivity index (χ1n) is 8.48. The Morgan fingerprint density at radius 1 is 1.22 bits per heavy atom. The lowest BCUT2D eigenvalue weighted by atomic mass is 10.0. The zero-order valence-corrected chi connectivity index (χ0v) is 16.5. The third kappa shape index (κ3) is 5.40. The van der Waals surface area contributed by atoms with E-state index in [1.165, 1.54) is 19.2 Å². The van der Waals surface area contributed by atoms with Crippen LogP contribution in [0.4, 0.5) is 4.79 Å². The van der Waals surface area contributed by atoms with E-state index in [9.17, 15) is 19.5 Å². The molecule has 2 rings (SSSR count). The number of benzene rings is 1. The average molecular weight is 417 g/mol. The summed E-state index contributed by atoms with van der Waals surface area (Å²) < 4.78 is 0. The zero-order chi connectivity index (χ0) is 20.1. The van der Waals surface area contributed by atoms with Crippen LogP contribution in [0, 0.1) is 0 Å². The number of halogens is 2. The van der Waals surface area contributed by atoms with Crippen molar-refractivity contribution in [1.29, 1.82) is 0 Å². The van der Waals surface area contributed by atoms with E-state index in [-0.39, 0.29) is 39.3 Å². The molecule has 0 unspecified atom stereocenters. The van der Waals surface area contributed by atoms with Gasteiger partial charge in [-0.2, -0.15) is 0 Å². The molecule has 1 aromatic rings. The van der Waals surface area contributed by atoms with Crippen molar-refractivity contribution in [3.63, 3.8) is 0 Å². The quantitative estimate of drug-likeness (QED) is 0.598. The fourth-order valence-electron chi connectivity index (χ4n) is 2.79. The monoisotopic (exact) mass is 416 g/mol. The Bertz CT molecular complexity index is 736. The highest BCUT2D eigenvalue weighted by molar-refractivity contribution is 6.36. The van der Waals surface area contributed by atoms with Crippen LogP contribution >= 0.6 is 23.2 Å². The first-order chi connectivity index (χ1) is 12.7. The van der Waals surface area contributed by atoms with Crippen molar-refractivity contribution < 1.29 is 19.5 Å². The van der Waals surface area contributed by atoms with Crippen LogP contribution in [0.15, 0.2) is 12.1 Å². The molecule has 0 aliphatic carbocycles. The lowest BCUT2D eigenvalue weighted by molar-refractivity contribution is -0.122. The van der Waals surface area contributed by atoms with Crippen molar-refractivity contribution in [2.75, 3.05) is 20.1 Å². The Morgan fingerprint density at radius 3 is 2.44 bits per heavy atom. The first kappa shape index (κ1) is 21.1. The number of aromatic hydroxyl groups is 1. The van der Waals surface area contributed by atoms with Gasteiger partial charge in [-0.1, -0.05) is 23.2 Å². The number of urea groups is 1. The largest absolute Gasteiger partial charge is 0.506 e. The number of hydrogen-bond acceptors (Lipinski definition) is 4. The number of nitrogens with zero attached hydrogens (tertiary/aromatic N) is 1. The number of piperidine rings is 1. The van der Waals surface area contributed by atoms with Gasteiger partial charge >= 0.3 is 6.03 Å². The fourth-order valence-corrected chi connectivity index (χ4v) is 3.28. The molecule has 1 saturated heterocycles. The molecule has 4 N–H and O–H groups in total. The van der Waals surface area contributed by atoms with Crippen molar-refractivity contribution >= 4 is 41.0 Å². The molecule has 27 heavy (non-hydrogen) atoms. The molecule has 1 aliphatic heterocycles. The van der Waals surface area contributed by atoms with Crippen LogP contribution in [-0.4, -0.2) is 60.1 Å². The van der Waals surface area contributed by atoms with Crippen LogP contribution < -0.4 is 16.0 Å². The number of carbonyl (C=O) groups excluding carboxylic acids is 3. The van der Waals surface area contributed by atoms with E-state index in [1.807, 2.05) is 0 Å². The van der Waals surface area contributed by atoms with Crippen LogP contribution in [0.2, 0.25) is 10.0 Å². The van der Waals surface area contributed by atoms with E-state index in [2.05, 4.69) is 16.0 Å². The van der Waals surface area contributed by atoms with Crippen molar-refractivity contribution in [1.82, 2.24) is 20.9 Å². The van der Waals surface area contributed by atoms with E-state index < -0.39 is 11.9 Å². The Kier molecular flexibility index (Phi) is 7.15. The van der Waals surface area contributed by atoms with Gasteiger partial charge in [0, 0.05) is 31.2 Å². The molecule has 4 amide bonds. The third-order valence-corrected chi connectivity index (χ3v) is 4.88. The Balaban J connectivity index is 1.88. The molecule has 1 aromatic carbocycles. The first-order valence-corrected chi connectivity index (χ1v) is 9.24. The number of rotatable bonds is 4. The predicted molar refractivity (Wildman–Crippen MR) is 102 cm³/mol. The normalized spacial score (nSPS) is 15.8. The number of amides is 4. The molecule has 148 valence electrons. The van der Waals surface area contributed by atoms with Gasteiger partial charge in [0.05, 0.1) is 10.6 Å². The SMILES string of the molecule is CNC(=O)[C@@H](C)NC(=O)N1CCC(NC(=O)c2cc(Cl)cc(Cl)c2O)CC1. The van der Waals surface area contributed by atoms with E-state index >= 15 is 0 Å². The molecular weight excluding hydrogens is 395 g/mol. The fraction of sp³-hybridized carbons (Fsp3) is 0.471. The summed E-state index contributed by atoms with van der Waals surface area (Å²) in [5.74, 6) is -1.07. The van der Waals surface area contributed by atoms with Gasteiger partial charge in [-0.25, -0.2) is 4.79 Å². The van der Waals surface area contributed by atoms with Crippen LogP contribution in [0.5, 0.6) is 5.75 Å². The molecule has 1 atom stereocenters. The second-order valence-electron chi connectivity index (χ2n) is 6.30. The summed E-state index contributed by atoms with van der Waals surface area (Å²) in [7, 11) is 1.50. The van der Waals surface area contributed by atoms with E-state index in [4.69, 9.17) is 23.2 Å². The average Bonchev–Trinajstić information content (AvgIpc) is 2.64. The van der Waals surface area contributed by atoms with Gasteiger partial charge in [0.15, 0.2) is 0 Å². The molecular formula is C17H22Cl2N4O4. The summed E-state index contributed by atoms with van der Waals surface area (Å²) in [5.41, 5.74) is 0.00655. The molecule has 1 heterocycles. The Labute approximate surface area is 167 Å². The zero-order valence-electron chi connectivity index (χ0n) is 15.0. The van der Waals surface area contributed by atoms with Crippen molar-refractivity contribution in [2.24, 2.45) is 0 Å². The predicted octanol–water partition coefficient (Wildman–Crippen LogP) is 1.74. The lowest BCUT2D eigenvalue weighted by Crippen LogP contribution is -2.53. The van der Waals surface area contributed by atoms with Gasteiger partial charge in [0.2, 0.25) is 5.91 Å². The molecule has 10 heteroatoms. The maximum absolute atomic E-state index is 12.4. The van der Waals surface area contributed by atoms with Gasteiger partial charge in [-0.15, -0.1) is 0 Å². The second-order valence-corrected chi connectivity index (χ2v) is 7.15. The van der Waals surface area contributed by atoms with Crippen molar-refractivity contribution in [3.8, 4) is 5.75 Å². The number of phenols is 1. The molecule has 0 spiro atoms. The standard InChI is InChI=1S/C17H22Cl2N4O4/c1-9(15(25)20-2)21-17(27)23-5-3-11(4-6-23)22-16(26)12-7-10(18)8-13(19)14(12)24/h7-9,11,24H,3-6H2,1-2H3,(H,20,25)(H,21,27)(H,22,26)/t9-/m1/s1. The smallest absolute Gasteiger partial charge is 0.318 e. The van der Waals surface area contributed by atoms with E-state index in [0.29, 0.717) is 25.9 Å². The molecule has 0 bridgehead atoms. The third-order valence-electron chi connectivity index (χ3n) is 4.37. The summed E-state index contributed by atoms with van der Waals surface area (Å²) in [6, 6.07) is 1.59. The minimum Gasteiger partial charge on any atom is -0.506 e. The molecule has 8 nitrogen and oxygen atoms in total. The van der Waals surface area contributed by atoms with Crippen LogP contribution in [0.3, 0.4) is 0 Å². The highest BCUT2D eigenvalue weighted by atomic mass is 35.5. The lowest BCUT2D eigenvalue weighted by Gasteiger charge is -2.33. The van der Waals surface area contributed by atoms with Gasteiger partial charge in [0.25, 0.3) is 5.91 Å². The highest BCUT2D eigenvalue weighted by Crippen LogP contribution is 2.31. The number of carbonyl (C=O) groups is 3. The second kappa shape index (κ2) is 9.14. The van der Waals surface area contributed by atoms with Crippen molar-refractivity contribution in [2.45, 2.75) is 31.8 Å². The summed E-state index contributed by atoms with van der Waals surface area (Å²) in [6.07, 6.45) is 1.09. The van der Waals surface area contributed by atoms with Gasteiger partial charge < -0.3 is 26.0 Å². The molecule has 1 fully saturated rings. The van der Waals surface area contributed by atoms with Crippen LogP contribution in [0.1, 0.15) is 30.1 Å². The summed E-state index contributed by atoms with van der Waals surface area (Å²) >= 11 is 11.7. The molecule has 0 saturated carbocycles. The molecule has 0 aromatic heterocycles.